The van der Waals surface area contributed by atoms with Gasteiger partial charge in [0.2, 0.25) is 0 Å². The van der Waals surface area contributed by atoms with Crippen LogP contribution in [0.2, 0.25) is 0 Å². The zero-order valence-electron chi connectivity index (χ0n) is 17.9. The Labute approximate surface area is 170 Å². The molecular formula is C25H36O3. The molecule has 2 fully saturated rings. The molecule has 0 amide bonds. The van der Waals surface area contributed by atoms with Crippen LogP contribution in [0.4, 0.5) is 0 Å². The van der Waals surface area contributed by atoms with Crippen LogP contribution in [0.25, 0.3) is 0 Å². The molecule has 2 aliphatic rings. The molecule has 0 N–H and O–H groups in total. The van der Waals surface area contributed by atoms with Crippen molar-refractivity contribution < 1.29 is 14.3 Å². The number of Topliss-reactive ketones (excluding diaryl/α,β-unsaturated/α-hetero) is 1. The number of ether oxygens (including phenoxy) is 1. The molecule has 3 rings (SSSR count). The number of esters is 1. The Morgan fingerprint density at radius 2 is 1.82 bits per heavy atom. The number of carbonyl (C=O) groups is 2. The summed E-state index contributed by atoms with van der Waals surface area (Å²) >= 11 is 0. The Bertz CT molecular complexity index is 676. The summed E-state index contributed by atoms with van der Waals surface area (Å²) in [6, 6.07) is 8.21. The van der Waals surface area contributed by atoms with Crippen LogP contribution in [0.15, 0.2) is 24.3 Å². The number of benzene rings is 1. The lowest BCUT2D eigenvalue weighted by Gasteiger charge is -2.37. The molecular weight excluding hydrogens is 348 g/mol. The van der Waals surface area contributed by atoms with E-state index in [0.29, 0.717) is 23.5 Å². The third-order valence-corrected chi connectivity index (χ3v) is 6.98. The van der Waals surface area contributed by atoms with Gasteiger partial charge in [-0.1, -0.05) is 51.5 Å². The molecule has 2 aliphatic carbocycles. The number of rotatable bonds is 6. The molecule has 0 heterocycles. The number of hydrogen-bond donors (Lipinski definition) is 0. The van der Waals surface area contributed by atoms with Crippen LogP contribution in [-0.4, -0.2) is 17.9 Å². The minimum absolute atomic E-state index is 0.0475. The molecule has 0 aliphatic heterocycles. The van der Waals surface area contributed by atoms with Crippen molar-refractivity contribution in [2.24, 2.45) is 23.7 Å². The van der Waals surface area contributed by atoms with Gasteiger partial charge in [0.25, 0.3) is 0 Å². The minimum Gasteiger partial charge on any atom is -0.462 e. The monoisotopic (exact) mass is 384 g/mol. The maximum Gasteiger partial charge on any atom is 0.313 e. The molecule has 5 unspecified atom stereocenters. The largest absolute Gasteiger partial charge is 0.462 e. The maximum atomic E-state index is 12.8. The van der Waals surface area contributed by atoms with Crippen molar-refractivity contribution in [3.63, 3.8) is 0 Å². The molecule has 1 aromatic carbocycles. The van der Waals surface area contributed by atoms with Crippen molar-refractivity contribution in [2.75, 3.05) is 0 Å². The topological polar surface area (TPSA) is 43.4 Å². The van der Waals surface area contributed by atoms with Gasteiger partial charge in [0.1, 0.15) is 11.9 Å². The lowest BCUT2D eigenvalue weighted by atomic mass is 9.75. The van der Waals surface area contributed by atoms with Crippen LogP contribution >= 0.6 is 0 Å². The summed E-state index contributed by atoms with van der Waals surface area (Å²) in [6.45, 7) is 8.67. The Morgan fingerprint density at radius 1 is 1.11 bits per heavy atom. The zero-order chi connectivity index (χ0) is 20.3. The third-order valence-electron chi connectivity index (χ3n) is 6.98. The van der Waals surface area contributed by atoms with Crippen LogP contribution in [0.3, 0.4) is 0 Å². The van der Waals surface area contributed by atoms with E-state index in [9.17, 15) is 9.59 Å². The van der Waals surface area contributed by atoms with Crippen molar-refractivity contribution in [3.05, 3.63) is 35.4 Å². The lowest BCUT2D eigenvalue weighted by Crippen LogP contribution is -2.36. The second-order valence-electron chi connectivity index (χ2n) is 9.52. The highest BCUT2D eigenvalue weighted by molar-refractivity contribution is 5.83. The molecule has 28 heavy (non-hydrogen) atoms. The summed E-state index contributed by atoms with van der Waals surface area (Å²) in [5.41, 5.74) is 2.18. The van der Waals surface area contributed by atoms with Gasteiger partial charge in [0, 0.05) is 12.3 Å². The van der Waals surface area contributed by atoms with Gasteiger partial charge in [0.05, 0.1) is 5.92 Å². The van der Waals surface area contributed by atoms with E-state index < -0.39 is 0 Å². The van der Waals surface area contributed by atoms with Crippen molar-refractivity contribution in [2.45, 2.75) is 84.7 Å². The Morgan fingerprint density at radius 3 is 2.43 bits per heavy atom. The average molecular weight is 385 g/mol. The van der Waals surface area contributed by atoms with E-state index in [1.807, 2.05) is 19.1 Å². The van der Waals surface area contributed by atoms with Crippen LogP contribution < -0.4 is 0 Å². The summed E-state index contributed by atoms with van der Waals surface area (Å²) in [7, 11) is 0. The van der Waals surface area contributed by atoms with E-state index >= 15 is 0 Å². The molecule has 0 saturated heterocycles. The Kier molecular flexibility index (Phi) is 6.95. The Balaban J connectivity index is 1.60. The van der Waals surface area contributed by atoms with Gasteiger partial charge in [-0.3, -0.25) is 9.59 Å². The first kappa shape index (κ1) is 21.1. The molecule has 2 saturated carbocycles. The summed E-state index contributed by atoms with van der Waals surface area (Å²) in [5, 5.41) is 0. The van der Waals surface area contributed by atoms with Crippen molar-refractivity contribution in [1.29, 1.82) is 0 Å². The first-order valence-electron chi connectivity index (χ1n) is 11.2. The number of carbonyl (C=O) groups excluding carboxylic acids is 2. The molecule has 1 aromatic rings. The lowest BCUT2D eigenvalue weighted by molar-refractivity contribution is -0.157. The minimum atomic E-state index is -0.257. The quantitative estimate of drug-likeness (QED) is 0.590. The van der Waals surface area contributed by atoms with Crippen molar-refractivity contribution >= 4 is 11.8 Å². The highest BCUT2D eigenvalue weighted by Crippen LogP contribution is 2.36. The molecule has 5 atom stereocenters. The van der Waals surface area contributed by atoms with Gasteiger partial charge in [-0.2, -0.15) is 0 Å². The fourth-order valence-corrected chi connectivity index (χ4v) is 4.97. The fraction of sp³-hybridized carbons (Fsp3) is 0.680. The van der Waals surface area contributed by atoms with E-state index in [1.165, 1.54) is 12.0 Å². The van der Waals surface area contributed by atoms with Crippen LogP contribution in [0.1, 0.15) is 83.3 Å². The molecule has 3 heteroatoms. The summed E-state index contributed by atoms with van der Waals surface area (Å²) in [4.78, 5) is 24.7. The van der Waals surface area contributed by atoms with Gasteiger partial charge < -0.3 is 4.74 Å². The van der Waals surface area contributed by atoms with E-state index in [0.717, 1.165) is 44.1 Å². The van der Waals surface area contributed by atoms with Crippen LogP contribution in [-0.2, 0) is 20.7 Å². The van der Waals surface area contributed by atoms with E-state index in [2.05, 4.69) is 32.9 Å². The average Bonchev–Trinajstić information content (AvgIpc) is 3.06. The normalized spacial score (nSPS) is 29.1. The predicted octanol–water partition coefficient (Wildman–Crippen LogP) is 5.71. The van der Waals surface area contributed by atoms with E-state index in [-0.39, 0.29) is 23.9 Å². The number of ketones is 1. The van der Waals surface area contributed by atoms with Crippen molar-refractivity contribution in [1.82, 2.24) is 0 Å². The summed E-state index contributed by atoms with van der Waals surface area (Å²) in [5.74, 6) is 1.87. The molecule has 0 aromatic heterocycles. The molecule has 154 valence electrons. The highest BCUT2D eigenvalue weighted by Gasteiger charge is 2.34. The van der Waals surface area contributed by atoms with Crippen molar-refractivity contribution in [3.8, 4) is 0 Å². The van der Waals surface area contributed by atoms with Gasteiger partial charge in [-0.05, 0) is 67.9 Å². The highest BCUT2D eigenvalue weighted by atomic mass is 16.5. The van der Waals surface area contributed by atoms with Gasteiger partial charge >= 0.3 is 5.97 Å². The summed E-state index contributed by atoms with van der Waals surface area (Å²) < 4.78 is 6.02. The second kappa shape index (κ2) is 9.24. The van der Waals surface area contributed by atoms with Crippen LogP contribution in [0, 0.1) is 23.7 Å². The standard InChI is InChI=1S/C25H36O3/c1-16(2)22-13-8-17(3)14-24(22)28-25(27)18(4)20-11-9-19(10-12-20)15-21-6-5-7-23(21)26/h9-12,16-18,21-22,24H,5-8,13-15H2,1-4H3. The van der Waals surface area contributed by atoms with Gasteiger partial charge in [-0.25, -0.2) is 0 Å². The molecule has 0 bridgehead atoms. The third kappa shape index (κ3) is 5.04. The smallest absolute Gasteiger partial charge is 0.313 e. The molecule has 0 radical (unpaired) electrons. The van der Waals surface area contributed by atoms with Gasteiger partial charge in [-0.15, -0.1) is 0 Å². The first-order valence-corrected chi connectivity index (χ1v) is 11.2. The molecule has 0 spiro atoms. The van der Waals surface area contributed by atoms with Crippen LogP contribution in [0.5, 0.6) is 0 Å². The Hall–Kier alpha value is -1.64. The maximum absolute atomic E-state index is 12.8. The zero-order valence-corrected chi connectivity index (χ0v) is 17.9. The second-order valence-corrected chi connectivity index (χ2v) is 9.52. The predicted molar refractivity (Wildman–Crippen MR) is 112 cm³/mol. The SMILES string of the molecule is CC1CCC(C(C)C)C(OC(=O)C(C)c2ccc(CC3CCCC3=O)cc2)C1. The van der Waals surface area contributed by atoms with E-state index in [4.69, 9.17) is 4.74 Å². The fourth-order valence-electron chi connectivity index (χ4n) is 4.97. The number of hydrogen-bond acceptors (Lipinski definition) is 3. The first-order chi connectivity index (χ1) is 13.3. The molecule has 3 nitrogen and oxygen atoms in total. The van der Waals surface area contributed by atoms with E-state index in [1.54, 1.807) is 0 Å². The van der Waals surface area contributed by atoms with Gasteiger partial charge in [0.15, 0.2) is 0 Å². The summed E-state index contributed by atoms with van der Waals surface area (Å²) in [6.07, 6.45) is 7.03.